The molecule has 0 saturated heterocycles. The molecule has 0 bridgehead atoms. The van der Waals surface area contributed by atoms with Gasteiger partial charge < -0.3 is 4.90 Å². The van der Waals surface area contributed by atoms with Crippen molar-refractivity contribution in [3.63, 3.8) is 0 Å². The standard InChI is InChI=1S/C25H33N3O3S2/c1-6-27(7-2)13-14-28(25-26-24-20(5)16-19(4)17-22(24)32-25)23(29)12-15-33(30,31)21-10-8-18(3)9-11-21/h8-11,16-17H,6-7,12-15H2,1-5H3. The first kappa shape index (κ1) is 25.3. The summed E-state index contributed by atoms with van der Waals surface area (Å²) in [6.45, 7) is 13.1. The second kappa shape index (κ2) is 10.8. The fourth-order valence-corrected chi connectivity index (χ4v) is 6.22. The van der Waals surface area contributed by atoms with Crippen LogP contribution in [0.3, 0.4) is 0 Å². The summed E-state index contributed by atoms with van der Waals surface area (Å²) in [4.78, 5) is 22.2. The molecule has 0 aliphatic carbocycles. The summed E-state index contributed by atoms with van der Waals surface area (Å²) >= 11 is 1.49. The Morgan fingerprint density at radius 1 is 0.970 bits per heavy atom. The van der Waals surface area contributed by atoms with Gasteiger partial charge in [-0.05, 0) is 63.2 Å². The lowest BCUT2D eigenvalue weighted by molar-refractivity contribution is -0.118. The number of thiazole rings is 1. The molecule has 2 aromatic carbocycles. The zero-order valence-corrected chi connectivity index (χ0v) is 21.7. The van der Waals surface area contributed by atoms with E-state index in [1.54, 1.807) is 29.2 Å². The van der Waals surface area contributed by atoms with Crippen molar-refractivity contribution in [3.8, 4) is 0 Å². The quantitative estimate of drug-likeness (QED) is 0.412. The number of carbonyl (C=O) groups is 1. The van der Waals surface area contributed by atoms with E-state index in [9.17, 15) is 13.2 Å². The van der Waals surface area contributed by atoms with E-state index in [0.29, 0.717) is 18.2 Å². The smallest absolute Gasteiger partial charge is 0.229 e. The second-order valence-corrected chi connectivity index (χ2v) is 11.5. The molecule has 0 aliphatic heterocycles. The molecular weight excluding hydrogens is 454 g/mol. The molecule has 1 heterocycles. The van der Waals surface area contributed by atoms with Gasteiger partial charge in [0.25, 0.3) is 0 Å². The lowest BCUT2D eigenvalue weighted by Gasteiger charge is -2.24. The van der Waals surface area contributed by atoms with Crippen LogP contribution in [0.15, 0.2) is 41.3 Å². The van der Waals surface area contributed by atoms with E-state index in [1.165, 1.54) is 11.3 Å². The zero-order chi connectivity index (χ0) is 24.2. The van der Waals surface area contributed by atoms with Crippen LogP contribution in [-0.4, -0.2) is 56.1 Å². The number of rotatable bonds is 10. The van der Waals surface area contributed by atoms with E-state index < -0.39 is 9.84 Å². The van der Waals surface area contributed by atoms with Crippen molar-refractivity contribution in [1.29, 1.82) is 0 Å². The second-order valence-electron chi connectivity index (χ2n) is 8.38. The van der Waals surface area contributed by atoms with Gasteiger partial charge in [-0.15, -0.1) is 0 Å². The molecule has 0 saturated carbocycles. The van der Waals surface area contributed by atoms with Crippen LogP contribution in [-0.2, 0) is 14.6 Å². The van der Waals surface area contributed by atoms with Crippen molar-refractivity contribution in [1.82, 2.24) is 9.88 Å². The molecule has 0 radical (unpaired) electrons. The third-order valence-electron chi connectivity index (χ3n) is 5.85. The summed E-state index contributed by atoms with van der Waals surface area (Å²) in [5, 5.41) is 0.628. The van der Waals surface area contributed by atoms with Crippen LogP contribution in [0.1, 0.15) is 37.0 Å². The SMILES string of the molecule is CCN(CC)CCN(C(=O)CCS(=O)(=O)c1ccc(C)cc1)c1nc2c(C)cc(C)cc2s1. The number of sulfone groups is 1. The summed E-state index contributed by atoms with van der Waals surface area (Å²) < 4.78 is 26.6. The first-order valence-electron chi connectivity index (χ1n) is 11.3. The van der Waals surface area contributed by atoms with E-state index in [-0.39, 0.29) is 23.0 Å². The van der Waals surface area contributed by atoms with Gasteiger partial charge in [0.15, 0.2) is 15.0 Å². The van der Waals surface area contributed by atoms with E-state index in [2.05, 4.69) is 30.9 Å². The minimum Gasteiger partial charge on any atom is -0.302 e. The number of nitrogens with zero attached hydrogens (tertiary/aromatic N) is 3. The number of amides is 1. The number of aromatic nitrogens is 1. The largest absolute Gasteiger partial charge is 0.302 e. The maximum atomic E-state index is 13.3. The highest BCUT2D eigenvalue weighted by Gasteiger charge is 2.24. The van der Waals surface area contributed by atoms with Crippen molar-refractivity contribution in [2.75, 3.05) is 36.8 Å². The van der Waals surface area contributed by atoms with Gasteiger partial charge in [0.2, 0.25) is 5.91 Å². The van der Waals surface area contributed by atoms with Crippen molar-refractivity contribution in [3.05, 3.63) is 53.1 Å². The molecule has 0 spiro atoms. The van der Waals surface area contributed by atoms with Gasteiger partial charge in [-0.3, -0.25) is 9.69 Å². The number of carbonyl (C=O) groups excluding carboxylic acids is 1. The number of benzene rings is 2. The minimum atomic E-state index is -3.54. The molecule has 8 heteroatoms. The van der Waals surface area contributed by atoms with Gasteiger partial charge in [0.1, 0.15) is 0 Å². The molecule has 3 aromatic rings. The third kappa shape index (κ3) is 6.19. The molecule has 6 nitrogen and oxygen atoms in total. The fourth-order valence-electron chi connectivity index (χ4n) is 3.80. The number of anilines is 1. The maximum absolute atomic E-state index is 13.3. The molecule has 1 aromatic heterocycles. The Hall–Kier alpha value is -2.29. The van der Waals surface area contributed by atoms with Gasteiger partial charge >= 0.3 is 0 Å². The number of hydrogen-bond acceptors (Lipinski definition) is 6. The maximum Gasteiger partial charge on any atom is 0.229 e. The zero-order valence-electron chi connectivity index (χ0n) is 20.1. The average molecular weight is 488 g/mol. The highest BCUT2D eigenvalue weighted by atomic mass is 32.2. The molecular formula is C25H33N3O3S2. The minimum absolute atomic E-state index is 0.0810. The Labute approximate surface area is 201 Å². The topological polar surface area (TPSA) is 70.6 Å². The van der Waals surface area contributed by atoms with Crippen LogP contribution in [0, 0.1) is 20.8 Å². The average Bonchev–Trinajstić information content (AvgIpc) is 3.19. The lowest BCUT2D eigenvalue weighted by Crippen LogP contribution is -2.39. The summed E-state index contributed by atoms with van der Waals surface area (Å²) in [5.74, 6) is -0.439. The molecule has 0 fully saturated rings. The van der Waals surface area contributed by atoms with Gasteiger partial charge in [-0.25, -0.2) is 13.4 Å². The highest BCUT2D eigenvalue weighted by Crippen LogP contribution is 2.32. The molecule has 3 rings (SSSR count). The van der Waals surface area contributed by atoms with Crippen LogP contribution in [0.5, 0.6) is 0 Å². The lowest BCUT2D eigenvalue weighted by atomic mass is 10.1. The number of hydrogen-bond donors (Lipinski definition) is 0. The normalized spacial score (nSPS) is 11.9. The number of fused-ring (bicyclic) bond motifs is 1. The van der Waals surface area contributed by atoms with E-state index in [0.717, 1.165) is 40.0 Å². The molecule has 0 aliphatic rings. The predicted octanol–water partition coefficient (Wildman–Crippen LogP) is 4.76. The molecule has 33 heavy (non-hydrogen) atoms. The first-order valence-corrected chi connectivity index (χ1v) is 13.8. The molecule has 0 atom stereocenters. The third-order valence-corrected chi connectivity index (χ3v) is 8.61. The Morgan fingerprint density at radius 2 is 1.64 bits per heavy atom. The van der Waals surface area contributed by atoms with Crippen molar-refractivity contribution in [2.45, 2.75) is 45.9 Å². The monoisotopic (exact) mass is 487 g/mol. The van der Waals surface area contributed by atoms with Crippen LogP contribution in [0.25, 0.3) is 10.2 Å². The Morgan fingerprint density at radius 3 is 2.27 bits per heavy atom. The summed E-state index contributed by atoms with van der Waals surface area (Å²) in [6.07, 6.45) is -0.0810. The Bertz CT molecular complexity index is 1210. The van der Waals surface area contributed by atoms with Gasteiger partial charge in [0.05, 0.1) is 20.9 Å². The van der Waals surface area contributed by atoms with E-state index in [1.807, 2.05) is 20.8 Å². The van der Waals surface area contributed by atoms with Crippen LogP contribution < -0.4 is 4.90 Å². The number of aryl methyl sites for hydroxylation is 3. The Kier molecular flexibility index (Phi) is 8.26. The van der Waals surface area contributed by atoms with Gasteiger partial charge in [0, 0.05) is 19.5 Å². The first-order chi connectivity index (χ1) is 15.6. The van der Waals surface area contributed by atoms with Gasteiger partial charge in [-0.2, -0.15) is 0 Å². The Balaban J connectivity index is 1.85. The van der Waals surface area contributed by atoms with E-state index in [4.69, 9.17) is 4.98 Å². The molecule has 1 amide bonds. The molecule has 0 unspecified atom stereocenters. The van der Waals surface area contributed by atoms with Crippen LogP contribution in [0.2, 0.25) is 0 Å². The van der Waals surface area contributed by atoms with Crippen molar-refractivity contribution < 1.29 is 13.2 Å². The van der Waals surface area contributed by atoms with Crippen LogP contribution in [0.4, 0.5) is 5.13 Å². The van der Waals surface area contributed by atoms with E-state index >= 15 is 0 Å². The summed E-state index contributed by atoms with van der Waals surface area (Å²) in [5.41, 5.74) is 4.12. The fraction of sp³-hybridized carbons (Fsp3) is 0.440. The molecule has 0 N–H and O–H groups in total. The van der Waals surface area contributed by atoms with Gasteiger partial charge in [-0.1, -0.05) is 48.9 Å². The summed E-state index contributed by atoms with van der Waals surface area (Å²) in [7, 11) is -3.54. The number of likely N-dealkylation sites (N-methyl/N-ethyl adjacent to an activating group) is 1. The van der Waals surface area contributed by atoms with Crippen molar-refractivity contribution in [2.24, 2.45) is 0 Å². The molecule has 178 valence electrons. The predicted molar refractivity (Wildman–Crippen MR) is 137 cm³/mol. The summed E-state index contributed by atoms with van der Waals surface area (Å²) in [6, 6.07) is 10.9. The highest BCUT2D eigenvalue weighted by molar-refractivity contribution is 7.91. The van der Waals surface area contributed by atoms with Crippen LogP contribution >= 0.6 is 11.3 Å². The van der Waals surface area contributed by atoms with Crippen molar-refractivity contribution >= 4 is 42.4 Å².